The molecule has 1 aliphatic rings. The second-order valence-corrected chi connectivity index (χ2v) is 8.35. The van der Waals surface area contributed by atoms with Gasteiger partial charge in [0.15, 0.2) is 5.60 Å². The summed E-state index contributed by atoms with van der Waals surface area (Å²) in [5.41, 5.74) is -1.95. The van der Waals surface area contributed by atoms with E-state index in [9.17, 15) is 22.7 Å². The lowest BCUT2D eigenvalue weighted by atomic mass is 9.74. The van der Waals surface area contributed by atoms with Gasteiger partial charge in [0.2, 0.25) is 0 Å². The Kier molecular flexibility index (Phi) is 5.66. The molecule has 3 rings (SSSR count). The van der Waals surface area contributed by atoms with Gasteiger partial charge >= 0.3 is 6.18 Å². The van der Waals surface area contributed by atoms with E-state index in [4.69, 9.17) is 4.74 Å². The molecule has 0 bridgehead atoms. The zero-order valence-corrected chi connectivity index (χ0v) is 16.7. The third-order valence-corrected chi connectivity index (χ3v) is 5.54. The van der Waals surface area contributed by atoms with Gasteiger partial charge in [0.05, 0.1) is 7.11 Å². The molecule has 1 unspecified atom stereocenters. The first-order valence-corrected chi connectivity index (χ1v) is 9.37. The van der Waals surface area contributed by atoms with E-state index in [-0.39, 0.29) is 11.3 Å². The standard InChI is InChI=1S/C22H25F4NO2/c1-20(2,18-10-17(23)8-9-19(18)29-3)13-21(28,22(24,25)26)14-27-11-15-6-4-5-7-16(15)12-27/h4-10,28H,11-14H2,1-3H3. The van der Waals surface area contributed by atoms with Crippen molar-refractivity contribution in [3.63, 3.8) is 0 Å². The van der Waals surface area contributed by atoms with Gasteiger partial charge in [-0.15, -0.1) is 0 Å². The first-order chi connectivity index (χ1) is 13.4. The van der Waals surface area contributed by atoms with Crippen molar-refractivity contribution in [2.24, 2.45) is 0 Å². The van der Waals surface area contributed by atoms with Crippen LogP contribution in [0.4, 0.5) is 17.6 Å². The normalized spacial score (nSPS) is 17.1. The van der Waals surface area contributed by atoms with Crippen molar-refractivity contribution in [2.45, 2.75) is 50.6 Å². The number of ether oxygens (including phenoxy) is 1. The number of aliphatic hydroxyl groups is 1. The second-order valence-electron chi connectivity index (χ2n) is 8.35. The molecule has 2 aromatic rings. The average Bonchev–Trinajstić information content (AvgIpc) is 3.02. The van der Waals surface area contributed by atoms with Crippen LogP contribution in [0.3, 0.4) is 0 Å². The summed E-state index contributed by atoms with van der Waals surface area (Å²) in [6, 6.07) is 11.2. The molecule has 0 aliphatic carbocycles. The van der Waals surface area contributed by atoms with Crippen LogP contribution in [-0.4, -0.2) is 35.4 Å². The number of nitrogens with zero attached hydrogens (tertiary/aromatic N) is 1. The summed E-state index contributed by atoms with van der Waals surface area (Å²) in [7, 11) is 1.38. The Balaban J connectivity index is 1.88. The summed E-state index contributed by atoms with van der Waals surface area (Å²) >= 11 is 0. The number of methoxy groups -OCH3 is 1. The van der Waals surface area contributed by atoms with Gasteiger partial charge in [-0.25, -0.2) is 4.39 Å². The van der Waals surface area contributed by atoms with E-state index in [0.717, 1.165) is 11.1 Å². The molecule has 0 amide bonds. The Hall–Kier alpha value is -2.12. The number of alkyl halides is 3. The van der Waals surface area contributed by atoms with Gasteiger partial charge in [-0.2, -0.15) is 13.2 Å². The molecule has 158 valence electrons. The Morgan fingerprint density at radius 1 is 1.03 bits per heavy atom. The highest BCUT2D eigenvalue weighted by Crippen LogP contribution is 2.44. The summed E-state index contributed by atoms with van der Waals surface area (Å²) in [5, 5.41) is 10.8. The molecular weight excluding hydrogens is 386 g/mol. The number of hydrogen-bond donors (Lipinski definition) is 1. The molecule has 1 heterocycles. The molecule has 2 aromatic carbocycles. The van der Waals surface area contributed by atoms with Crippen LogP contribution >= 0.6 is 0 Å². The van der Waals surface area contributed by atoms with Crippen molar-refractivity contribution in [1.82, 2.24) is 4.90 Å². The Morgan fingerprint density at radius 2 is 1.62 bits per heavy atom. The van der Waals surface area contributed by atoms with Gasteiger partial charge in [-0.05, 0) is 41.2 Å². The quantitative estimate of drug-likeness (QED) is 0.693. The molecule has 29 heavy (non-hydrogen) atoms. The molecule has 0 radical (unpaired) electrons. The minimum absolute atomic E-state index is 0.285. The third-order valence-electron chi connectivity index (χ3n) is 5.54. The average molecular weight is 411 g/mol. The summed E-state index contributed by atoms with van der Waals surface area (Å²) in [5.74, 6) is -0.283. The van der Waals surface area contributed by atoms with Crippen molar-refractivity contribution in [3.8, 4) is 5.75 Å². The molecule has 0 spiro atoms. The highest BCUT2D eigenvalue weighted by atomic mass is 19.4. The number of benzene rings is 2. The molecule has 0 fully saturated rings. The van der Waals surface area contributed by atoms with Crippen LogP contribution in [0.15, 0.2) is 42.5 Å². The van der Waals surface area contributed by atoms with E-state index < -0.39 is 36.0 Å². The van der Waals surface area contributed by atoms with Crippen molar-refractivity contribution < 1.29 is 27.4 Å². The fourth-order valence-electron chi connectivity index (χ4n) is 4.17. The maximum atomic E-state index is 14.0. The van der Waals surface area contributed by atoms with Gasteiger partial charge in [0.25, 0.3) is 0 Å². The fraction of sp³-hybridized carbons (Fsp3) is 0.455. The molecule has 3 nitrogen and oxygen atoms in total. The number of fused-ring (bicyclic) bond motifs is 1. The van der Waals surface area contributed by atoms with Crippen LogP contribution in [0.2, 0.25) is 0 Å². The van der Waals surface area contributed by atoms with Gasteiger partial charge in [-0.1, -0.05) is 38.1 Å². The monoisotopic (exact) mass is 411 g/mol. The van der Waals surface area contributed by atoms with Crippen LogP contribution in [0, 0.1) is 5.82 Å². The number of rotatable bonds is 6. The Labute approximate surface area is 167 Å². The van der Waals surface area contributed by atoms with Gasteiger partial charge in [0.1, 0.15) is 11.6 Å². The van der Waals surface area contributed by atoms with Crippen molar-refractivity contribution in [1.29, 1.82) is 0 Å². The molecule has 0 saturated carbocycles. The van der Waals surface area contributed by atoms with Crippen molar-refractivity contribution in [2.75, 3.05) is 13.7 Å². The fourth-order valence-corrected chi connectivity index (χ4v) is 4.17. The summed E-state index contributed by atoms with van der Waals surface area (Å²) in [6.07, 6.45) is -5.48. The minimum Gasteiger partial charge on any atom is -0.496 e. The van der Waals surface area contributed by atoms with Gasteiger partial charge < -0.3 is 9.84 Å². The van der Waals surface area contributed by atoms with E-state index >= 15 is 0 Å². The van der Waals surface area contributed by atoms with E-state index in [1.165, 1.54) is 25.3 Å². The molecule has 1 aliphatic heterocycles. The molecule has 1 atom stereocenters. The highest BCUT2D eigenvalue weighted by Gasteiger charge is 2.57. The third kappa shape index (κ3) is 4.41. The number of halogens is 4. The molecular formula is C22H25F4NO2. The lowest BCUT2D eigenvalue weighted by Gasteiger charge is -2.40. The highest BCUT2D eigenvalue weighted by molar-refractivity contribution is 5.40. The van der Waals surface area contributed by atoms with E-state index in [0.29, 0.717) is 13.1 Å². The van der Waals surface area contributed by atoms with Gasteiger partial charge in [-0.3, -0.25) is 4.90 Å². The Morgan fingerprint density at radius 3 is 2.14 bits per heavy atom. The van der Waals surface area contributed by atoms with Crippen molar-refractivity contribution in [3.05, 3.63) is 65.0 Å². The summed E-state index contributed by atoms with van der Waals surface area (Å²) < 4.78 is 61.1. The van der Waals surface area contributed by atoms with Crippen LogP contribution in [-0.2, 0) is 18.5 Å². The molecule has 0 aromatic heterocycles. The largest absolute Gasteiger partial charge is 0.496 e. The molecule has 1 N–H and O–H groups in total. The lowest BCUT2D eigenvalue weighted by molar-refractivity contribution is -0.272. The smallest absolute Gasteiger partial charge is 0.418 e. The van der Waals surface area contributed by atoms with Crippen molar-refractivity contribution >= 4 is 0 Å². The second kappa shape index (κ2) is 7.61. The van der Waals surface area contributed by atoms with Crippen LogP contribution in [0.25, 0.3) is 0 Å². The van der Waals surface area contributed by atoms with Gasteiger partial charge in [0, 0.05) is 25.2 Å². The SMILES string of the molecule is COc1ccc(F)cc1C(C)(C)CC(O)(CN1Cc2ccccc2C1)C(F)(F)F. The zero-order chi connectivity index (χ0) is 21.4. The van der Waals surface area contributed by atoms with E-state index in [1.54, 1.807) is 18.7 Å². The summed E-state index contributed by atoms with van der Waals surface area (Å²) in [6.45, 7) is 3.24. The maximum Gasteiger partial charge on any atom is 0.418 e. The number of β-amino-alcohol motifs (C(OH)–C–C–N with tert-alkyl or cyclic N) is 1. The topological polar surface area (TPSA) is 32.7 Å². The van der Waals surface area contributed by atoms with Crippen LogP contribution < -0.4 is 4.74 Å². The zero-order valence-electron chi connectivity index (χ0n) is 16.7. The summed E-state index contributed by atoms with van der Waals surface area (Å²) in [4.78, 5) is 1.59. The lowest BCUT2D eigenvalue weighted by Crippen LogP contribution is -2.55. The predicted octanol–water partition coefficient (Wildman–Crippen LogP) is 4.81. The predicted molar refractivity (Wildman–Crippen MR) is 102 cm³/mol. The first kappa shape index (κ1) is 21.6. The van der Waals surface area contributed by atoms with E-state index in [2.05, 4.69) is 0 Å². The first-order valence-electron chi connectivity index (χ1n) is 9.37. The van der Waals surface area contributed by atoms with Crippen LogP contribution in [0.5, 0.6) is 5.75 Å². The number of hydrogen-bond acceptors (Lipinski definition) is 3. The Bertz CT molecular complexity index is 856. The molecule has 0 saturated heterocycles. The molecule has 7 heteroatoms. The van der Waals surface area contributed by atoms with E-state index in [1.807, 2.05) is 24.3 Å². The maximum absolute atomic E-state index is 14.0. The van der Waals surface area contributed by atoms with Crippen LogP contribution in [0.1, 0.15) is 37.0 Å². The minimum atomic E-state index is -4.85.